The van der Waals surface area contributed by atoms with E-state index in [4.69, 9.17) is 10.5 Å². The molecule has 4 N–H and O–H groups in total. The fraction of sp³-hybridized carbons (Fsp3) is 0.188. The predicted octanol–water partition coefficient (Wildman–Crippen LogP) is 2.18. The highest BCUT2D eigenvalue weighted by atomic mass is 16.5. The van der Waals surface area contributed by atoms with Gasteiger partial charge in [-0.15, -0.1) is 0 Å². The molecule has 0 fully saturated rings. The van der Waals surface area contributed by atoms with Gasteiger partial charge in [-0.3, -0.25) is 4.79 Å². The highest BCUT2D eigenvalue weighted by molar-refractivity contribution is 5.75. The topological polar surface area (TPSA) is 84.6 Å². The lowest BCUT2D eigenvalue weighted by Crippen LogP contribution is -2.19. The first kappa shape index (κ1) is 14.7. The van der Waals surface area contributed by atoms with Crippen molar-refractivity contribution in [3.05, 3.63) is 53.6 Å². The maximum absolute atomic E-state index is 10.6. The summed E-state index contributed by atoms with van der Waals surface area (Å²) in [6, 6.07) is 12.6. The zero-order valence-corrected chi connectivity index (χ0v) is 11.8. The van der Waals surface area contributed by atoms with Crippen molar-refractivity contribution >= 4 is 11.6 Å². The molecule has 0 aliphatic rings. The van der Waals surface area contributed by atoms with Crippen LogP contribution in [0.25, 0.3) is 0 Å². The van der Waals surface area contributed by atoms with Crippen LogP contribution in [0.4, 0.5) is 5.69 Å². The van der Waals surface area contributed by atoms with Gasteiger partial charge in [0.2, 0.25) is 0 Å². The van der Waals surface area contributed by atoms with Crippen molar-refractivity contribution in [2.45, 2.75) is 13.5 Å². The average Bonchev–Trinajstić information content (AvgIpc) is 2.45. The number of nitrogens with one attached hydrogen (secondary N) is 1. The molecule has 0 heterocycles. The Kier molecular flexibility index (Phi) is 4.66. The number of anilines is 1. The molecule has 0 saturated carbocycles. The number of primary amides is 1. The van der Waals surface area contributed by atoms with Gasteiger partial charge in [-0.1, -0.05) is 12.1 Å². The molecular weight excluding hydrogens is 268 g/mol. The molecular formula is C16H18N2O3. The third-order valence-electron chi connectivity index (χ3n) is 3.00. The fourth-order valence-electron chi connectivity index (χ4n) is 1.90. The van der Waals surface area contributed by atoms with Gasteiger partial charge in [-0.05, 0) is 48.4 Å². The summed E-state index contributed by atoms with van der Waals surface area (Å²) in [4.78, 5) is 10.6. The fourth-order valence-corrected chi connectivity index (χ4v) is 1.90. The molecule has 2 aromatic carbocycles. The van der Waals surface area contributed by atoms with Gasteiger partial charge in [-0.2, -0.15) is 0 Å². The molecule has 0 aliphatic heterocycles. The van der Waals surface area contributed by atoms with E-state index in [1.54, 1.807) is 24.3 Å². The Hall–Kier alpha value is -2.69. The number of carbonyl (C=O) groups excluding carboxylic acids is 1. The number of benzene rings is 2. The molecule has 1 amide bonds. The number of hydrogen-bond donors (Lipinski definition) is 3. The van der Waals surface area contributed by atoms with Crippen molar-refractivity contribution in [2.75, 3.05) is 11.9 Å². The Morgan fingerprint density at radius 2 is 1.95 bits per heavy atom. The van der Waals surface area contributed by atoms with E-state index >= 15 is 0 Å². The second-order valence-electron chi connectivity index (χ2n) is 4.75. The summed E-state index contributed by atoms with van der Waals surface area (Å²) in [5.74, 6) is 0.371. The van der Waals surface area contributed by atoms with Crippen molar-refractivity contribution in [1.82, 2.24) is 0 Å². The number of rotatable bonds is 6. The molecule has 2 rings (SSSR count). The van der Waals surface area contributed by atoms with Crippen LogP contribution < -0.4 is 15.8 Å². The van der Waals surface area contributed by atoms with Gasteiger partial charge in [0.1, 0.15) is 11.5 Å². The summed E-state index contributed by atoms with van der Waals surface area (Å²) < 4.78 is 5.19. The quantitative estimate of drug-likeness (QED) is 0.711. The molecule has 0 radical (unpaired) electrons. The van der Waals surface area contributed by atoms with E-state index in [1.807, 2.05) is 25.1 Å². The first-order chi connectivity index (χ1) is 10.0. The Bertz CT molecular complexity index is 624. The van der Waals surface area contributed by atoms with E-state index in [2.05, 4.69) is 5.32 Å². The van der Waals surface area contributed by atoms with E-state index in [0.717, 1.165) is 16.8 Å². The van der Waals surface area contributed by atoms with Crippen LogP contribution in [0.5, 0.6) is 11.5 Å². The zero-order valence-electron chi connectivity index (χ0n) is 11.8. The van der Waals surface area contributed by atoms with Crippen molar-refractivity contribution < 1.29 is 14.6 Å². The van der Waals surface area contributed by atoms with Crippen molar-refractivity contribution in [1.29, 1.82) is 0 Å². The number of phenols is 1. The van der Waals surface area contributed by atoms with Gasteiger partial charge in [0.25, 0.3) is 5.91 Å². The summed E-state index contributed by atoms with van der Waals surface area (Å²) in [6.45, 7) is 2.47. The molecule has 5 nitrogen and oxygen atoms in total. The first-order valence-electron chi connectivity index (χ1n) is 6.58. The minimum atomic E-state index is -0.497. The number of amides is 1. The monoisotopic (exact) mass is 286 g/mol. The second kappa shape index (κ2) is 6.65. The molecule has 0 aliphatic carbocycles. The number of hydrogen-bond acceptors (Lipinski definition) is 4. The van der Waals surface area contributed by atoms with Crippen LogP contribution in [-0.4, -0.2) is 17.6 Å². The van der Waals surface area contributed by atoms with Crippen molar-refractivity contribution in [2.24, 2.45) is 5.73 Å². The summed E-state index contributed by atoms with van der Waals surface area (Å²) in [5.41, 5.74) is 8.05. The van der Waals surface area contributed by atoms with Crippen molar-refractivity contribution in [3.63, 3.8) is 0 Å². The van der Waals surface area contributed by atoms with Crippen LogP contribution in [0.3, 0.4) is 0 Å². The number of phenolic OH excluding ortho intramolecular Hbond substituents is 1. The van der Waals surface area contributed by atoms with Crippen LogP contribution in [0.15, 0.2) is 42.5 Å². The maximum atomic E-state index is 10.6. The van der Waals surface area contributed by atoms with Crippen LogP contribution >= 0.6 is 0 Å². The Morgan fingerprint density at radius 1 is 1.24 bits per heavy atom. The van der Waals surface area contributed by atoms with Gasteiger partial charge >= 0.3 is 0 Å². The highest BCUT2D eigenvalue weighted by Crippen LogP contribution is 2.21. The molecule has 0 bridgehead atoms. The highest BCUT2D eigenvalue weighted by Gasteiger charge is 2.01. The molecule has 5 heteroatoms. The lowest BCUT2D eigenvalue weighted by Gasteiger charge is -2.10. The zero-order chi connectivity index (χ0) is 15.2. The summed E-state index contributed by atoms with van der Waals surface area (Å²) in [7, 11) is 0. The molecule has 2 aromatic rings. The normalized spacial score (nSPS) is 10.1. The Morgan fingerprint density at radius 3 is 2.57 bits per heavy atom. The first-order valence-corrected chi connectivity index (χ1v) is 6.58. The number of aryl methyl sites for hydroxylation is 1. The van der Waals surface area contributed by atoms with Crippen molar-refractivity contribution in [3.8, 4) is 11.5 Å². The van der Waals surface area contributed by atoms with Crippen LogP contribution in [0.1, 0.15) is 11.1 Å². The predicted molar refractivity (Wildman–Crippen MR) is 81.3 cm³/mol. The minimum absolute atomic E-state index is 0.121. The maximum Gasteiger partial charge on any atom is 0.255 e. The van der Waals surface area contributed by atoms with Gasteiger partial charge in [0, 0.05) is 12.2 Å². The summed E-state index contributed by atoms with van der Waals surface area (Å²) >= 11 is 0. The number of nitrogens with two attached hydrogens (primary N) is 1. The lowest BCUT2D eigenvalue weighted by molar-refractivity contribution is -0.119. The van der Waals surface area contributed by atoms with E-state index in [0.29, 0.717) is 12.3 Å². The molecule has 0 unspecified atom stereocenters. The van der Waals surface area contributed by atoms with E-state index in [1.165, 1.54) is 0 Å². The SMILES string of the molecule is Cc1cc(O)ccc1NCc1ccc(OCC(N)=O)cc1. The lowest BCUT2D eigenvalue weighted by atomic mass is 10.1. The largest absolute Gasteiger partial charge is 0.508 e. The smallest absolute Gasteiger partial charge is 0.255 e. The summed E-state index contributed by atoms with van der Waals surface area (Å²) in [5, 5.41) is 12.7. The molecule has 21 heavy (non-hydrogen) atoms. The Labute approximate surface area is 123 Å². The van der Waals surface area contributed by atoms with Gasteiger partial charge in [0.15, 0.2) is 6.61 Å². The van der Waals surface area contributed by atoms with Gasteiger partial charge < -0.3 is 20.9 Å². The molecule has 0 saturated heterocycles. The van der Waals surface area contributed by atoms with Gasteiger partial charge in [-0.25, -0.2) is 0 Å². The number of ether oxygens (including phenoxy) is 1. The standard InChI is InChI=1S/C16H18N2O3/c1-11-8-13(19)4-7-15(11)18-9-12-2-5-14(6-3-12)21-10-16(17)20/h2-8,18-19H,9-10H2,1H3,(H2,17,20). The average molecular weight is 286 g/mol. The third-order valence-corrected chi connectivity index (χ3v) is 3.00. The van der Waals surface area contributed by atoms with Crippen LogP contribution in [0.2, 0.25) is 0 Å². The number of aromatic hydroxyl groups is 1. The number of carbonyl (C=O) groups is 1. The molecule has 0 atom stereocenters. The third kappa shape index (κ3) is 4.42. The molecule has 110 valence electrons. The van der Waals surface area contributed by atoms with Gasteiger partial charge in [0.05, 0.1) is 0 Å². The summed E-state index contributed by atoms with van der Waals surface area (Å²) in [6.07, 6.45) is 0. The van der Waals surface area contributed by atoms with E-state index in [-0.39, 0.29) is 12.4 Å². The van der Waals surface area contributed by atoms with Crippen LogP contribution in [0, 0.1) is 6.92 Å². The van der Waals surface area contributed by atoms with Crippen LogP contribution in [-0.2, 0) is 11.3 Å². The van der Waals surface area contributed by atoms with E-state index in [9.17, 15) is 9.90 Å². The molecule has 0 aromatic heterocycles. The molecule has 0 spiro atoms. The van der Waals surface area contributed by atoms with E-state index < -0.39 is 5.91 Å². The second-order valence-corrected chi connectivity index (χ2v) is 4.75. The minimum Gasteiger partial charge on any atom is -0.508 e. The Balaban J connectivity index is 1.92.